The van der Waals surface area contributed by atoms with Gasteiger partial charge in [0.1, 0.15) is 0 Å². The second kappa shape index (κ2) is 6.99. The van der Waals surface area contributed by atoms with Crippen LogP contribution in [0, 0.1) is 6.92 Å². The van der Waals surface area contributed by atoms with Crippen LogP contribution < -0.4 is 4.90 Å². The third-order valence-corrected chi connectivity index (χ3v) is 5.02. The summed E-state index contributed by atoms with van der Waals surface area (Å²) in [6, 6.07) is 9.79. The maximum absolute atomic E-state index is 13.0. The number of anilines is 1. The number of benzene rings is 2. The highest BCUT2D eigenvalue weighted by molar-refractivity contribution is 5.57. The number of aryl methyl sites for hydroxylation is 2. The number of hydrogen-bond acceptors (Lipinski definition) is 2. The maximum Gasteiger partial charge on any atom is 0.430 e. The molecule has 0 aromatic heterocycles. The SMILES string of the molecule is Cc1ccc2c(c1)CCCN2Cc1ccc(C(O)(C(F)(F)F)C(F)(F)F)cc1. The smallest absolute Gasteiger partial charge is 0.369 e. The molecule has 0 saturated carbocycles. The number of alkyl halides is 6. The van der Waals surface area contributed by atoms with Crippen LogP contribution in [0.15, 0.2) is 42.5 Å². The third-order valence-electron chi connectivity index (χ3n) is 5.02. The van der Waals surface area contributed by atoms with E-state index in [0.717, 1.165) is 30.6 Å². The minimum absolute atomic E-state index is 0.354. The minimum Gasteiger partial charge on any atom is -0.369 e. The van der Waals surface area contributed by atoms with Gasteiger partial charge in [0, 0.05) is 24.3 Å². The van der Waals surface area contributed by atoms with E-state index in [9.17, 15) is 31.4 Å². The van der Waals surface area contributed by atoms with Gasteiger partial charge in [-0.25, -0.2) is 0 Å². The summed E-state index contributed by atoms with van der Waals surface area (Å²) in [7, 11) is 0. The largest absolute Gasteiger partial charge is 0.430 e. The Kier molecular flexibility index (Phi) is 5.12. The molecule has 0 fully saturated rings. The molecule has 2 nitrogen and oxygen atoms in total. The summed E-state index contributed by atoms with van der Waals surface area (Å²) in [5, 5.41) is 9.46. The molecule has 1 aliphatic rings. The number of nitrogens with zero attached hydrogens (tertiary/aromatic N) is 1. The average molecular weight is 403 g/mol. The zero-order chi connectivity index (χ0) is 20.7. The van der Waals surface area contributed by atoms with E-state index in [0.29, 0.717) is 24.2 Å². The van der Waals surface area contributed by atoms with Crippen molar-refractivity contribution in [3.63, 3.8) is 0 Å². The van der Waals surface area contributed by atoms with Crippen LogP contribution in [0.1, 0.15) is 28.7 Å². The molecular weight excluding hydrogens is 384 g/mol. The lowest BCUT2D eigenvalue weighted by Gasteiger charge is -2.33. The Morgan fingerprint density at radius 1 is 0.929 bits per heavy atom. The van der Waals surface area contributed by atoms with Crippen LogP contribution in [0.3, 0.4) is 0 Å². The summed E-state index contributed by atoms with van der Waals surface area (Å²) in [5.41, 5.74) is -2.26. The first-order valence-electron chi connectivity index (χ1n) is 8.73. The summed E-state index contributed by atoms with van der Waals surface area (Å²) in [5.74, 6) is 0. The molecule has 0 spiro atoms. The Labute approximate surface area is 158 Å². The van der Waals surface area contributed by atoms with Gasteiger partial charge in [0.2, 0.25) is 0 Å². The Hall–Kier alpha value is -2.22. The molecule has 2 aromatic carbocycles. The van der Waals surface area contributed by atoms with Crippen molar-refractivity contribution in [3.8, 4) is 0 Å². The van der Waals surface area contributed by atoms with E-state index in [2.05, 4.69) is 6.07 Å². The molecule has 0 amide bonds. The maximum atomic E-state index is 13.0. The third kappa shape index (κ3) is 3.57. The quantitative estimate of drug-likeness (QED) is 0.707. The molecule has 0 radical (unpaired) electrons. The van der Waals surface area contributed by atoms with Gasteiger partial charge in [-0.15, -0.1) is 0 Å². The predicted octanol–water partition coefficient (Wildman–Crippen LogP) is 5.26. The molecule has 0 aliphatic carbocycles. The van der Waals surface area contributed by atoms with Gasteiger partial charge in [-0.2, -0.15) is 26.3 Å². The van der Waals surface area contributed by atoms with Gasteiger partial charge in [0.25, 0.3) is 5.60 Å². The van der Waals surface area contributed by atoms with Crippen LogP contribution in [-0.2, 0) is 18.6 Å². The molecule has 3 rings (SSSR count). The van der Waals surface area contributed by atoms with Crippen LogP contribution in [0.2, 0.25) is 0 Å². The van der Waals surface area contributed by atoms with Gasteiger partial charge in [-0.3, -0.25) is 0 Å². The van der Waals surface area contributed by atoms with Crippen molar-refractivity contribution in [2.24, 2.45) is 0 Å². The summed E-state index contributed by atoms with van der Waals surface area (Å²) in [6.07, 6.45) is -9.92. The van der Waals surface area contributed by atoms with Crippen molar-refractivity contribution in [2.45, 2.75) is 44.3 Å². The first kappa shape index (κ1) is 20.5. The van der Waals surface area contributed by atoms with Crippen LogP contribution in [0.5, 0.6) is 0 Å². The van der Waals surface area contributed by atoms with E-state index >= 15 is 0 Å². The first-order chi connectivity index (χ1) is 12.9. The van der Waals surface area contributed by atoms with Crippen molar-refractivity contribution >= 4 is 5.69 Å². The highest BCUT2D eigenvalue weighted by Gasteiger charge is 2.71. The molecule has 152 valence electrons. The van der Waals surface area contributed by atoms with Crippen molar-refractivity contribution < 1.29 is 31.4 Å². The lowest BCUT2D eigenvalue weighted by atomic mass is 9.91. The van der Waals surface area contributed by atoms with Gasteiger partial charge < -0.3 is 10.0 Å². The fourth-order valence-corrected chi connectivity index (χ4v) is 3.53. The average Bonchev–Trinajstić information content (AvgIpc) is 2.59. The van der Waals surface area contributed by atoms with Gasteiger partial charge in [-0.05, 0) is 37.0 Å². The van der Waals surface area contributed by atoms with Crippen LogP contribution in [0.25, 0.3) is 0 Å². The van der Waals surface area contributed by atoms with Crippen molar-refractivity contribution in [1.29, 1.82) is 0 Å². The fraction of sp³-hybridized carbons (Fsp3) is 0.400. The molecule has 0 saturated heterocycles. The molecular formula is C20H19F6NO. The Morgan fingerprint density at radius 3 is 2.11 bits per heavy atom. The molecule has 1 aliphatic heterocycles. The minimum atomic E-state index is -5.88. The Bertz CT molecular complexity index is 827. The lowest BCUT2D eigenvalue weighted by molar-refractivity contribution is -0.376. The van der Waals surface area contributed by atoms with E-state index in [1.165, 1.54) is 17.7 Å². The number of hydrogen-bond donors (Lipinski definition) is 1. The highest BCUT2D eigenvalue weighted by atomic mass is 19.4. The normalized spacial score (nSPS) is 15.5. The summed E-state index contributed by atoms with van der Waals surface area (Å²) >= 11 is 0. The van der Waals surface area contributed by atoms with E-state index in [1.54, 1.807) is 0 Å². The Morgan fingerprint density at radius 2 is 1.54 bits per heavy atom. The molecule has 0 unspecified atom stereocenters. The fourth-order valence-electron chi connectivity index (χ4n) is 3.53. The van der Waals surface area contributed by atoms with E-state index in [1.807, 2.05) is 24.0 Å². The second-order valence-electron chi connectivity index (χ2n) is 7.06. The van der Waals surface area contributed by atoms with Crippen LogP contribution >= 0.6 is 0 Å². The van der Waals surface area contributed by atoms with Gasteiger partial charge >= 0.3 is 12.4 Å². The topological polar surface area (TPSA) is 23.5 Å². The van der Waals surface area contributed by atoms with Gasteiger partial charge in [-0.1, -0.05) is 42.0 Å². The Balaban J connectivity index is 1.86. The number of rotatable bonds is 3. The zero-order valence-corrected chi connectivity index (χ0v) is 15.0. The number of halogens is 6. The second-order valence-corrected chi connectivity index (χ2v) is 7.06. The summed E-state index contributed by atoms with van der Waals surface area (Å²) < 4.78 is 77.9. The van der Waals surface area contributed by atoms with E-state index in [4.69, 9.17) is 0 Å². The van der Waals surface area contributed by atoms with Crippen LogP contribution in [0.4, 0.5) is 32.0 Å². The number of aliphatic hydroxyl groups is 1. The van der Waals surface area contributed by atoms with Crippen molar-refractivity contribution in [2.75, 3.05) is 11.4 Å². The first-order valence-corrected chi connectivity index (χ1v) is 8.73. The van der Waals surface area contributed by atoms with E-state index in [-0.39, 0.29) is 0 Å². The zero-order valence-electron chi connectivity index (χ0n) is 15.0. The summed E-state index contributed by atoms with van der Waals surface area (Å²) in [6.45, 7) is 3.08. The highest BCUT2D eigenvalue weighted by Crippen LogP contribution is 2.50. The van der Waals surface area contributed by atoms with Crippen molar-refractivity contribution in [1.82, 2.24) is 0 Å². The van der Waals surface area contributed by atoms with E-state index < -0.39 is 23.5 Å². The van der Waals surface area contributed by atoms with Crippen molar-refractivity contribution in [3.05, 3.63) is 64.7 Å². The molecule has 0 atom stereocenters. The molecule has 0 bridgehead atoms. The van der Waals surface area contributed by atoms with Gasteiger partial charge in [0.15, 0.2) is 0 Å². The monoisotopic (exact) mass is 403 g/mol. The molecule has 8 heteroatoms. The standard InChI is InChI=1S/C20H19F6NO/c1-13-4-9-17-15(11-13)3-2-10-27(17)12-14-5-7-16(8-6-14)18(28,19(21,22)23)20(24,25)26/h4-9,11,28H,2-3,10,12H2,1H3. The number of fused-ring (bicyclic) bond motifs is 1. The predicted molar refractivity (Wildman–Crippen MR) is 93.0 cm³/mol. The van der Waals surface area contributed by atoms with Gasteiger partial charge in [0.05, 0.1) is 0 Å². The molecule has 2 aromatic rings. The molecule has 1 heterocycles. The molecule has 28 heavy (non-hydrogen) atoms. The molecule has 1 N–H and O–H groups in total. The summed E-state index contributed by atoms with van der Waals surface area (Å²) in [4.78, 5) is 2.05. The lowest BCUT2D eigenvalue weighted by Crippen LogP contribution is -2.53. The van der Waals surface area contributed by atoms with Crippen LogP contribution in [-0.4, -0.2) is 24.0 Å².